The molecule has 3 heteroatoms. The van der Waals surface area contributed by atoms with E-state index in [2.05, 4.69) is 13.8 Å². The summed E-state index contributed by atoms with van der Waals surface area (Å²) in [5, 5.41) is 0. The second-order valence-electron chi connectivity index (χ2n) is 4.00. The Kier molecular flexibility index (Phi) is 7.23. The van der Waals surface area contributed by atoms with E-state index in [1.807, 2.05) is 0 Å². The molecular weight excluding hydrogens is 162 g/mol. The standard InChI is InChI=1S/C10H25N3/c1-3-5-9(8(2)11)6-4-7-10(12)13/h8-10H,3-7,11-13H2,1-2H3. The van der Waals surface area contributed by atoms with Crippen LogP contribution >= 0.6 is 0 Å². The van der Waals surface area contributed by atoms with Crippen LogP contribution in [-0.2, 0) is 0 Å². The number of hydrogen-bond acceptors (Lipinski definition) is 3. The van der Waals surface area contributed by atoms with Crippen LogP contribution in [0.3, 0.4) is 0 Å². The Morgan fingerprint density at radius 1 is 1.00 bits per heavy atom. The van der Waals surface area contributed by atoms with Crippen LogP contribution in [-0.4, -0.2) is 12.2 Å². The third-order valence-electron chi connectivity index (χ3n) is 2.52. The fourth-order valence-corrected chi connectivity index (χ4v) is 1.66. The molecule has 0 aliphatic heterocycles. The normalized spacial score (nSPS) is 16.2. The highest BCUT2D eigenvalue weighted by Gasteiger charge is 2.12. The van der Waals surface area contributed by atoms with Crippen LogP contribution in [0.1, 0.15) is 46.0 Å². The molecule has 0 aromatic carbocycles. The van der Waals surface area contributed by atoms with Crippen molar-refractivity contribution in [2.24, 2.45) is 23.1 Å². The van der Waals surface area contributed by atoms with Crippen LogP contribution in [0, 0.1) is 5.92 Å². The molecule has 80 valence electrons. The summed E-state index contributed by atoms with van der Waals surface area (Å²) in [5.41, 5.74) is 16.8. The van der Waals surface area contributed by atoms with Gasteiger partial charge in [-0.25, -0.2) is 0 Å². The maximum absolute atomic E-state index is 5.88. The molecule has 0 aliphatic carbocycles. The average Bonchev–Trinajstić information content (AvgIpc) is 2.02. The summed E-state index contributed by atoms with van der Waals surface area (Å²) < 4.78 is 0. The topological polar surface area (TPSA) is 78.1 Å². The Morgan fingerprint density at radius 2 is 1.62 bits per heavy atom. The number of nitrogens with two attached hydrogens (primary N) is 3. The van der Waals surface area contributed by atoms with E-state index in [1.165, 1.54) is 12.8 Å². The van der Waals surface area contributed by atoms with Gasteiger partial charge in [-0.3, -0.25) is 0 Å². The quantitative estimate of drug-likeness (QED) is 0.523. The summed E-state index contributed by atoms with van der Waals surface area (Å²) in [6.45, 7) is 4.28. The molecule has 13 heavy (non-hydrogen) atoms. The van der Waals surface area contributed by atoms with Crippen molar-refractivity contribution in [2.45, 2.75) is 58.2 Å². The molecule has 0 saturated heterocycles. The van der Waals surface area contributed by atoms with E-state index in [0.29, 0.717) is 12.0 Å². The molecule has 0 heterocycles. The van der Waals surface area contributed by atoms with Gasteiger partial charge < -0.3 is 17.2 Å². The van der Waals surface area contributed by atoms with Gasteiger partial charge in [0.15, 0.2) is 0 Å². The first kappa shape index (κ1) is 12.9. The molecule has 2 unspecified atom stereocenters. The predicted molar refractivity (Wildman–Crippen MR) is 58.1 cm³/mol. The van der Waals surface area contributed by atoms with Crippen molar-refractivity contribution in [3.8, 4) is 0 Å². The Morgan fingerprint density at radius 3 is 2.00 bits per heavy atom. The van der Waals surface area contributed by atoms with Gasteiger partial charge in [0.05, 0.1) is 6.17 Å². The SMILES string of the molecule is CCCC(CCCC(N)N)C(C)N. The van der Waals surface area contributed by atoms with Crippen molar-refractivity contribution in [2.75, 3.05) is 0 Å². The smallest absolute Gasteiger partial charge is 0.0520 e. The first-order chi connectivity index (χ1) is 6.07. The molecule has 6 N–H and O–H groups in total. The molecule has 0 aromatic rings. The second-order valence-corrected chi connectivity index (χ2v) is 4.00. The minimum Gasteiger partial charge on any atom is -0.328 e. The molecule has 0 fully saturated rings. The molecule has 0 saturated carbocycles. The van der Waals surface area contributed by atoms with Crippen molar-refractivity contribution in [1.29, 1.82) is 0 Å². The lowest BCUT2D eigenvalue weighted by Crippen LogP contribution is -2.31. The highest BCUT2D eigenvalue weighted by atomic mass is 14.8. The van der Waals surface area contributed by atoms with Gasteiger partial charge in [0.1, 0.15) is 0 Å². The van der Waals surface area contributed by atoms with E-state index in [9.17, 15) is 0 Å². The van der Waals surface area contributed by atoms with Crippen molar-refractivity contribution in [3.63, 3.8) is 0 Å². The van der Waals surface area contributed by atoms with Gasteiger partial charge in [-0.2, -0.15) is 0 Å². The van der Waals surface area contributed by atoms with Gasteiger partial charge in [0.25, 0.3) is 0 Å². The monoisotopic (exact) mass is 187 g/mol. The lowest BCUT2D eigenvalue weighted by molar-refractivity contribution is 0.363. The van der Waals surface area contributed by atoms with Gasteiger partial charge in [0, 0.05) is 6.04 Å². The van der Waals surface area contributed by atoms with Crippen molar-refractivity contribution in [1.82, 2.24) is 0 Å². The zero-order valence-corrected chi connectivity index (χ0v) is 9.00. The van der Waals surface area contributed by atoms with E-state index in [1.54, 1.807) is 0 Å². The molecule has 0 amide bonds. The molecule has 0 bridgehead atoms. The fraction of sp³-hybridized carbons (Fsp3) is 1.00. The Balaban J connectivity index is 3.57. The zero-order chi connectivity index (χ0) is 10.3. The summed E-state index contributed by atoms with van der Waals surface area (Å²) in [7, 11) is 0. The molecule has 0 spiro atoms. The predicted octanol–water partition coefficient (Wildman–Crippen LogP) is 1.16. The van der Waals surface area contributed by atoms with Crippen LogP contribution in [0.4, 0.5) is 0 Å². The van der Waals surface area contributed by atoms with Crippen LogP contribution < -0.4 is 17.2 Å². The largest absolute Gasteiger partial charge is 0.328 e. The van der Waals surface area contributed by atoms with Gasteiger partial charge in [-0.1, -0.05) is 19.8 Å². The number of hydrogen-bond donors (Lipinski definition) is 3. The summed E-state index contributed by atoms with van der Waals surface area (Å²) in [6.07, 6.45) is 5.45. The highest BCUT2D eigenvalue weighted by Crippen LogP contribution is 2.17. The van der Waals surface area contributed by atoms with Crippen molar-refractivity contribution < 1.29 is 0 Å². The van der Waals surface area contributed by atoms with Crippen LogP contribution in [0.5, 0.6) is 0 Å². The maximum atomic E-state index is 5.88. The van der Waals surface area contributed by atoms with Crippen molar-refractivity contribution >= 4 is 0 Å². The molecular formula is C10H25N3. The van der Waals surface area contributed by atoms with E-state index >= 15 is 0 Å². The lowest BCUT2D eigenvalue weighted by Gasteiger charge is -2.20. The first-order valence-electron chi connectivity index (χ1n) is 5.34. The summed E-state index contributed by atoms with van der Waals surface area (Å²) in [6, 6.07) is 0.300. The minimum absolute atomic E-state index is 0.157. The lowest BCUT2D eigenvalue weighted by atomic mass is 9.91. The molecule has 0 rings (SSSR count). The Bertz CT molecular complexity index is 113. The highest BCUT2D eigenvalue weighted by molar-refractivity contribution is 4.68. The Labute approximate surface area is 82.0 Å². The molecule has 3 nitrogen and oxygen atoms in total. The van der Waals surface area contributed by atoms with Gasteiger partial charge in [0.2, 0.25) is 0 Å². The number of rotatable bonds is 7. The first-order valence-corrected chi connectivity index (χ1v) is 5.34. The summed E-state index contributed by atoms with van der Waals surface area (Å²) >= 11 is 0. The average molecular weight is 187 g/mol. The minimum atomic E-state index is -0.157. The Hall–Kier alpha value is -0.120. The molecule has 0 radical (unpaired) electrons. The summed E-state index contributed by atoms with van der Waals surface area (Å²) in [4.78, 5) is 0. The van der Waals surface area contributed by atoms with E-state index < -0.39 is 0 Å². The molecule has 0 aromatic heterocycles. The zero-order valence-electron chi connectivity index (χ0n) is 9.00. The maximum Gasteiger partial charge on any atom is 0.0520 e. The van der Waals surface area contributed by atoms with Crippen LogP contribution in [0.15, 0.2) is 0 Å². The van der Waals surface area contributed by atoms with Crippen molar-refractivity contribution in [3.05, 3.63) is 0 Å². The van der Waals surface area contributed by atoms with Gasteiger partial charge in [-0.05, 0) is 32.1 Å². The summed E-state index contributed by atoms with van der Waals surface area (Å²) in [5.74, 6) is 0.642. The van der Waals surface area contributed by atoms with Gasteiger partial charge >= 0.3 is 0 Å². The van der Waals surface area contributed by atoms with E-state index in [0.717, 1.165) is 19.3 Å². The third-order valence-corrected chi connectivity index (χ3v) is 2.52. The molecule has 0 aliphatic rings. The third kappa shape index (κ3) is 6.99. The van der Waals surface area contributed by atoms with Crippen LogP contribution in [0.2, 0.25) is 0 Å². The second kappa shape index (κ2) is 7.30. The fourth-order valence-electron chi connectivity index (χ4n) is 1.66. The molecule has 2 atom stereocenters. The van der Waals surface area contributed by atoms with E-state index in [4.69, 9.17) is 17.2 Å². The van der Waals surface area contributed by atoms with Crippen LogP contribution in [0.25, 0.3) is 0 Å². The van der Waals surface area contributed by atoms with Gasteiger partial charge in [-0.15, -0.1) is 0 Å². The van der Waals surface area contributed by atoms with E-state index in [-0.39, 0.29) is 6.17 Å².